The summed E-state index contributed by atoms with van der Waals surface area (Å²) in [4.78, 5) is 7.13. The minimum Gasteiger partial charge on any atom is -0.469 e. The highest BCUT2D eigenvalue weighted by Gasteiger charge is 2.09. The molecule has 2 aromatic heterocycles. The highest BCUT2D eigenvalue weighted by molar-refractivity contribution is 5.79. The second kappa shape index (κ2) is 10.7. The number of aryl methyl sites for hydroxylation is 1. The van der Waals surface area contributed by atoms with E-state index in [9.17, 15) is 0 Å². The molecular formula is C19H30N6O2. The molecule has 0 atom stereocenters. The van der Waals surface area contributed by atoms with Crippen LogP contribution in [0.15, 0.2) is 40.1 Å². The number of ether oxygens (including phenoxy) is 1. The maximum atomic E-state index is 5.40. The van der Waals surface area contributed by atoms with E-state index in [1.807, 2.05) is 36.1 Å². The van der Waals surface area contributed by atoms with Crippen LogP contribution in [-0.2, 0) is 24.6 Å². The summed E-state index contributed by atoms with van der Waals surface area (Å²) in [6, 6.07) is 5.95. The highest BCUT2D eigenvalue weighted by atomic mass is 16.5. The van der Waals surface area contributed by atoms with Gasteiger partial charge >= 0.3 is 0 Å². The molecule has 3 heterocycles. The summed E-state index contributed by atoms with van der Waals surface area (Å²) in [7, 11) is 1.97. The van der Waals surface area contributed by atoms with Crippen LogP contribution in [0.5, 0.6) is 0 Å². The van der Waals surface area contributed by atoms with Crippen molar-refractivity contribution in [2.45, 2.75) is 12.8 Å². The van der Waals surface area contributed by atoms with Gasteiger partial charge in [-0.2, -0.15) is 5.10 Å². The molecule has 148 valence electrons. The number of rotatable bonds is 9. The fourth-order valence-corrected chi connectivity index (χ4v) is 3.02. The lowest BCUT2D eigenvalue weighted by Crippen LogP contribution is -2.41. The molecule has 0 radical (unpaired) electrons. The predicted molar refractivity (Wildman–Crippen MR) is 105 cm³/mol. The summed E-state index contributed by atoms with van der Waals surface area (Å²) in [5, 5.41) is 11.0. The summed E-state index contributed by atoms with van der Waals surface area (Å²) in [6.07, 6.45) is 5.27. The van der Waals surface area contributed by atoms with Gasteiger partial charge in [-0.1, -0.05) is 0 Å². The normalized spacial score (nSPS) is 15.8. The fourth-order valence-electron chi connectivity index (χ4n) is 3.02. The third kappa shape index (κ3) is 6.73. The zero-order valence-corrected chi connectivity index (χ0v) is 16.1. The second-order valence-corrected chi connectivity index (χ2v) is 6.56. The van der Waals surface area contributed by atoms with E-state index in [2.05, 4.69) is 20.6 Å². The van der Waals surface area contributed by atoms with Gasteiger partial charge in [0.2, 0.25) is 0 Å². The highest BCUT2D eigenvalue weighted by Crippen LogP contribution is 2.00. The van der Waals surface area contributed by atoms with Gasteiger partial charge in [0.25, 0.3) is 0 Å². The number of morpholine rings is 1. The lowest BCUT2D eigenvalue weighted by atomic mass is 10.3. The molecule has 0 aromatic carbocycles. The molecule has 1 saturated heterocycles. The molecule has 0 bridgehead atoms. The van der Waals surface area contributed by atoms with Gasteiger partial charge < -0.3 is 19.8 Å². The zero-order valence-electron chi connectivity index (χ0n) is 16.1. The van der Waals surface area contributed by atoms with Crippen molar-refractivity contribution < 1.29 is 9.15 Å². The number of guanidine groups is 1. The first-order chi connectivity index (χ1) is 13.3. The van der Waals surface area contributed by atoms with Gasteiger partial charge in [0.15, 0.2) is 5.96 Å². The topological polar surface area (TPSA) is 79.9 Å². The quantitative estimate of drug-likeness (QED) is 0.496. The molecule has 3 rings (SSSR count). The first kappa shape index (κ1) is 19.4. The van der Waals surface area contributed by atoms with Gasteiger partial charge in [0.1, 0.15) is 5.76 Å². The largest absolute Gasteiger partial charge is 0.469 e. The number of hydrogen-bond donors (Lipinski definition) is 2. The van der Waals surface area contributed by atoms with Crippen molar-refractivity contribution in [3.8, 4) is 0 Å². The molecule has 2 aromatic rings. The van der Waals surface area contributed by atoms with Crippen LogP contribution in [0.2, 0.25) is 0 Å². The predicted octanol–water partition coefficient (Wildman–Crippen LogP) is 0.666. The molecule has 2 N–H and O–H groups in total. The minimum atomic E-state index is 0.766. The summed E-state index contributed by atoms with van der Waals surface area (Å²) in [6.45, 7) is 6.93. The Hall–Kier alpha value is -2.32. The number of nitrogens with one attached hydrogen (secondary N) is 2. The Kier molecular flexibility index (Phi) is 7.73. The van der Waals surface area contributed by atoms with Crippen molar-refractivity contribution >= 4 is 5.96 Å². The smallest absolute Gasteiger partial charge is 0.191 e. The molecular weight excluding hydrogens is 344 g/mol. The molecule has 0 amide bonds. The fraction of sp³-hybridized carbons (Fsp3) is 0.579. The van der Waals surface area contributed by atoms with Crippen molar-refractivity contribution in [2.24, 2.45) is 12.0 Å². The zero-order chi connectivity index (χ0) is 18.7. The molecule has 27 heavy (non-hydrogen) atoms. The molecule has 8 nitrogen and oxygen atoms in total. The standard InChI is InChI=1S/C19H30N6O2/c1-24-17(5-9-23-24)4-7-20-19(21-8-6-18-3-2-14-27-18)22-10-11-25-12-15-26-16-13-25/h2-3,5,9,14H,4,6-8,10-13,15-16H2,1H3,(H2,20,21,22). The van der Waals surface area contributed by atoms with E-state index >= 15 is 0 Å². The van der Waals surface area contributed by atoms with Crippen molar-refractivity contribution in [2.75, 3.05) is 52.5 Å². The lowest BCUT2D eigenvalue weighted by Gasteiger charge is -2.25. The van der Waals surface area contributed by atoms with Gasteiger partial charge in [-0.15, -0.1) is 0 Å². The lowest BCUT2D eigenvalue weighted by molar-refractivity contribution is 0.0394. The van der Waals surface area contributed by atoms with E-state index in [4.69, 9.17) is 14.1 Å². The summed E-state index contributed by atoms with van der Waals surface area (Å²) < 4.78 is 12.7. The average Bonchev–Trinajstić information content (AvgIpc) is 3.34. The van der Waals surface area contributed by atoms with Crippen LogP contribution >= 0.6 is 0 Å². The van der Waals surface area contributed by atoms with Crippen molar-refractivity contribution in [1.82, 2.24) is 25.3 Å². The maximum absolute atomic E-state index is 5.40. The van der Waals surface area contributed by atoms with Crippen LogP contribution in [0, 0.1) is 0 Å². The van der Waals surface area contributed by atoms with Crippen LogP contribution in [-0.4, -0.2) is 73.1 Å². The monoisotopic (exact) mass is 374 g/mol. The molecule has 1 aliphatic heterocycles. The third-order valence-electron chi connectivity index (χ3n) is 4.63. The van der Waals surface area contributed by atoms with Gasteiger partial charge in [0.05, 0.1) is 26.0 Å². The van der Waals surface area contributed by atoms with Crippen molar-refractivity contribution in [3.05, 3.63) is 42.1 Å². The summed E-state index contributed by atoms with van der Waals surface area (Å²) >= 11 is 0. The maximum Gasteiger partial charge on any atom is 0.191 e. The van der Waals surface area contributed by atoms with Crippen LogP contribution < -0.4 is 10.6 Å². The van der Waals surface area contributed by atoms with Crippen molar-refractivity contribution in [3.63, 3.8) is 0 Å². The van der Waals surface area contributed by atoms with Crippen LogP contribution in [0.25, 0.3) is 0 Å². The Morgan fingerprint density at radius 3 is 2.70 bits per heavy atom. The number of hydrogen-bond acceptors (Lipinski definition) is 5. The number of aliphatic imine (C=N–C) groups is 1. The SMILES string of the molecule is Cn1nccc1CCNC(=NCCN1CCOCC1)NCCc1ccco1. The van der Waals surface area contributed by atoms with E-state index in [1.54, 1.807) is 6.26 Å². The summed E-state index contributed by atoms with van der Waals surface area (Å²) in [5.74, 6) is 1.82. The third-order valence-corrected chi connectivity index (χ3v) is 4.63. The number of nitrogens with zero attached hydrogens (tertiary/aromatic N) is 4. The van der Waals surface area contributed by atoms with E-state index in [1.165, 1.54) is 5.69 Å². The Morgan fingerprint density at radius 1 is 1.19 bits per heavy atom. The Morgan fingerprint density at radius 2 is 2.00 bits per heavy atom. The van der Waals surface area contributed by atoms with Crippen LogP contribution in [0.3, 0.4) is 0 Å². The molecule has 1 aliphatic rings. The van der Waals surface area contributed by atoms with Gasteiger partial charge in [0, 0.05) is 64.5 Å². The van der Waals surface area contributed by atoms with Crippen LogP contribution in [0.4, 0.5) is 0 Å². The molecule has 1 fully saturated rings. The van der Waals surface area contributed by atoms with E-state index in [0.29, 0.717) is 0 Å². The summed E-state index contributed by atoms with van der Waals surface area (Å²) in [5.41, 5.74) is 1.20. The first-order valence-corrected chi connectivity index (χ1v) is 9.63. The van der Waals surface area contributed by atoms with Crippen LogP contribution in [0.1, 0.15) is 11.5 Å². The van der Waals surface area contributed by atoms with Gasteiger partial charge in [-0.3, -0.25) is 14.6 Å². The van der Waals surface area contributed by atoms with Crippen molar-refractivity contribution in [1.29, 1.82) is 0 Å². The molecule has 0 aliphatic carbocycles. The van der Waals surface area contributed by atoms with E-state index in [-0.39, 0.29) is 0 Å². The van der Waals surface area contributed by atoms with E-state index < -0.39 is 0 Å². The number of furan rings is 1. The minimum absolute atomic E-state index is 0.766. The molecule has 8 heteroatoms. The average molecular weight is 374 g/mol. The second-order valence-electron chi connectivity index (χ2n) is 6.56. The molecule has 0 unspecified atom stereocenters. The molecule has 0 saturated carbocycles. The first-order valence-electron chi connectivity index (χ1n) is 9.63. The van der Waals surface area contributed by atoms with Gasteiger partial charge in [-0.05, 0) is 18.2 Å². The van der Waals surface area contributed by atoms with E-state index in [0.717, 1.165) is 77.0 Å². The Balaban J connectivity index is 1.45. The Bertz CT molecular complexity index is 676. The Labute approximate surface area is 160 Å². The molecule has 0 spiro atoms. The van der Waals surface area contributed by atoms with Gasteiger partial charge in [-0.25, -0.2) is 0 Å². The number of aromatic nitrogens is 2.